The largest absolute Gasteiger partial charge is 0.585 e. The van der Waals surface area contributed by atoms with Crippen LogP contribution in [0.25, 0.3) is 5.84 Å². The zero-order valence-corrected chi connectivity index (χ0v) is 24.7. The van der Waals surface area contributed by atoms with Crippen molar-refractivity contribution in [2.24, 2.45) is 0 Å². The molecule has 2 amide bonds. The van der Waals surface area contributed by atoms with Gasteiger partial charge in [-0.25, -0.2) is 9.78 Å². The SMILES string of the molecule is COC(=O)C(CCCCNC(=O)c1ccccn1)NC(=O)c1ccc(N[NH-])nc1.O=C(O)CNC(CO)(CO)CO.[Tc]. The van der Waals surface area contributed by atoms with Crippen LogP contribution in [-0.4, -0.2) is 106 Å². The molecule has 0 aliphatic heterocycles. The monoisotopic (exact) mass is 675 g/mol. The van der Waals surface area contributed by atoms with E-state index < -0.39 is 55.8 Å². The predicted octanol–water partition coefficient (Wildman–Crippen LogP) is -0.899. The van der Waals surface area contributed by atoms with Crippen molar-refractivity contribution in [3.63, 3.8) is 0 Å². The van der Waals surface area contributed by atoms with Crippen molar-refractivity contribution in [3.8, 4) is 0 Å². The zero-order chi connectivity index (χ0) is 30.7. The van der Waals surface area contributed by atoms with Gasteiger partial charge in [-0.05, 0) is 43.5 Å². The first-order valence-electron chi connectivity index (χ1n) is 12.4. The van der Waals surface area contributed by atoms with E-state index >= 15 is 0 Å². The molecular weight excluding hydrogens is 640 g/mol. The number of hydrogen-bond donors (Lipinski definition) is 8. The Labute approximate surface area is 255 Å². The van der Waals surface area contributed by atoms with Crippen molar-refractivity contribution in [2.75, 3.05) is 45.4 Å². The van der Waals surface area contributed by atoms with Gasteiger partial charge in [0.2, 0.25) is 0 Å². The number of methoxy groups -OCH3 is 1. The molecule has 0 fully saturated rings. The molecule has 0 bridgehead atoms. The maximum absolute atomic E-state index is 12.3. The molecule has 9 N–H and O–H groups in total. The van der Waals surface area contributed by atoms with E-state index in [1.165, 1.54) is 25.4 Å². The third kappa shape index (κ3) is 13.9. The average molecular weight is 677 g/mol. The molecule has 0 aliphatic rings. The van der Waals surface area contributed by atoms with Crippen LogP contribution < -0.4 is 21.4 Å². The molecule has 2 rings (SSSR count). The van der Waals surface area contributed by atoms with Gasteiger partial charge in [0.25, 0.3) is 11.8 Å². The molecular formula is C25H36N7O9Tc-. The number of carbonyl (C=O) groups is 4. The van der Waals surface area contributed by atoms with E-state index in [-0.39, 0.29) is 31.6 Å². The fourth-order valence-electron chi connectivity index (χ4n) is 3.08. The van der Waals surface area contributed by atoms with Crippen LogP contribution in [0.15, 0.2) is 42.7 Å². The van der Waals surface area contributed by atoms with Gasteiger partial charge in [0.05, 0.1) is 44.6 Å². The summed E-state index contributed by atoms with van der Waals surface area (Å²) >= 11 is 0. The van der Waals surface area contributed by atoms with E-state index in [9.17, 15) is 19.2 Å². The van der Waals surface area contributed by atoms with Gasteiger partial charge in [-0.2, -0.15) is 0 Å². The Morgan fingerprint density at radius 1 is 1.00 bits per heavy atom. The minimum atomic E-state index is -1.31. The number of amides is 2. The average Bonchev–Trinajstić information content (AvgIpc) is 3.01. The van der Waals surface area contributed by atoms with E-state index in [0.717, 1.165) is 0 Å². The molecule has 2 aromatic rings. The maximum Gasteiger partial charge on any atom is 0.328 e. The van der Waals surface area contributed by atoms with Crippen molar-refractivity contribution in [1.29, 1.82) is 0 Å². The summed E-state index contributed by atoms with van der Waals surface area (Å²) in [6.45, 7) is -1.56. The number of unbranched alkanes of at least 4 members (excludes halogenated alkanes) is 1. The zero-order valence-electron chi connectivity index (χ0n) is 22.9. The van der Waals surface area contributed by atoms with E-state index in [2.05, 4.69) is 31.3 Å². The molecule has 0 spiro atoms. The molecule has 1 atom stereocenters. The van der Waals surface area contributed by atoms with Crippen LogP contribution in [0, 0.1) is 0 Å². The standard InChI is InChI=1S/C19H24N6O4.C6H13NO5.Tc/c1-29-19(28)15(24-17(26)13-8-9-16(25-20)23-12-13)7-3-5-11-22-18(27)14-6-2-4-10-21-14;8-2-6(3-9,4-10)7-1-5(11)12;/h2,4,6,8-10,12,15H,3,5,7,11H2,1H3,(H5,20,21,22,23,24,25,26,27);7-10H,1-4H2,(H,11,12);/p-1. The number of carboxylic acids is 1. The summed E-state index contributed by atoms with van der Waals surface area (Å²) in [7, 11) is 1.25. The molecule has 233 valence electrons. The molecule has 1 unspecified atom stereocenters. The predicted molar refractivity (Wildman–Crippen MR) is 145 cm³/mol. The second-order valence-corrected chi connectivity index (χ2v) is 8.57. The number of aliphatic hydroxyl groups excluding tert-OH is 3. The Morgan fingerprint density at radius 2 is 1.69 bits per heavy atom. The fraction of sp³-hybridized carbons (Fsp3) is 0.440. The van der Waals surface area contributed by atoms with Gasteiger partial charge < -0.3 is 47.1 Å². The van der Waals surface area contributed by atoms with E-state index in [1.54, 1.807) is 24.4 Å². The Kier molecular flexibility index (Phi) is 19.4. The molecule has 2 aromatic heterocycles. The molecule has 16 nitrogen and oxygen atoms in total. The smallest absolute Gasteiger partial charge is 0.328 e. The van der Waals surface area contributed by atoms with Crippen molar-refractivity contribution in [1.82, 2.24) is 25.9 Å². The summed E-state index contributed by atoms with van der Waals surface area (Å²) in [5.74, 6) is 4.91. The van der Waals surface area contributed by atoms with Crippen LogP contribution in [0.4, 0.5) is 5.82 Å². The van der Waals surface area contributed by atoms with Gasteiger partial charge in [-0.3, -0.25) is 24.7 Å². The van der Waals surface area contributed by atoms with Gasteiger partial charge in [0, 0.05) is 39.0 Å². The van der Waals surface area contributed by atoms with Crippen LogP contribution in [0.1, 0.15) is 40.1 Å². The number of rotatable bonds is 16. The third-order valence-corrected chi connectivity index (χ3v) is 5.57. The minimum absolute atomic E-state index is 0. The quantitative estimate of drug-likeness (QED) is 0.0610. The number of esters is 1. The number of aliphatic carboxylic acids is 1. The van der Waals surface area contributed by atoms with Crippen LogP contribution in [0.3, 0.4) is 0 Å². The van der Waals surface area contributed by atoms with Crippen LogP contribution in [-0.2, 0) is 34.4 Å². The van der Waals surface area contributed by atoms with Crippen LogP contribution in [0.5, 0.6) is 0 Å². The number of ether oxygens (including phenoxy) is 1. The molecule has 0 aliphatic carbocycles. The number of hydrogen-bond acceptors (Lipinski definition) is 12. The Balaban J connectivity index is 0.00000110. The molecule has 0 saturated carbocycles. The summed E-state index contributed by atoms with van der Waals surface area (Å²) in [6.07, 6.45) is 4.42. The van der Waals surface area contributed by atoms with Gasteiger partial charge in [0.1, 0.15) is 17.6 Å². The number of anilines is 1. The number of carbonyl (C=O) groups excluding carboxylic acids is 3. The summed E-state index contributed by atoms with van der Waals surface area (Å²) in [5, 5.41) is 42.1. The number of aromatic nitrogens is 2. The van der Waals surface area contributed by atoms with E-state index in [1.807, 2.05) is 0 Å². The Bertz CT molecular complexity index is 1080. The summed E-state index contributed by atoms with van der Waals surface area (Å²) in [6, 6.07) is 7.26. The van der Waals surface area contributed by atoms with Crippen molar-refractivity contribution in [2.45, 2.75) is 30.8 Å². The molecule has 0 saturated heterocycles. The Hall–Kier alpha value is -3.57. The second kappa shape index (κ2) is 21.2. The molecule has 2 heterocycles. The van der Waals surface area contributed by atoms with E-state index in [0.29, 0.717) is 37.3 Å². The summed E-state index contributed by atoms with van der Waals surface area (Å²) in [4.78, 5) is 54.2. The van der Waals surface area contributed by atoms with Crippen molar-refractivity contribution in [3.05, 3.63) is 59.8 Å². The number of nitrogens with one attached hydrogen (secondary N) is 5. The van der Waals surface area contributed by atoms with Crippen LogP contribution >= 0.6 is 0 Å². The number of pyridine rings is 2. The Morgan fingerprint density at radius 3 is 2.19 bits per heavy atom. The summed E-state index contributed by atoms with van der Waals surface area (Å²) < 4.78 is 4.76. The van der Waals surface area contributed by atoms with Crippen molar-refractivity contribution >= 4 is 29.6 Å². The van der Waals surface area contributed by atoms with E-state index in [4.69, 9.17) is 31.0 Å². The van der Waals surface area contributed by atoms with Crippen LogP contribution in [0.2, 0.25) is 0 Å². The first kappa shape index (κ1) is 38.4. The van der Waals surface area contributed by atoms with Gasteiger partial charge in [-0.15, -0.1) is 0 Å². The fourth-order valence-corrected chi connectivity index (χ4v) is 3.08. The van der Waals surface area contributed by atoms with Gasteiger partial charge in [-0.1, -0.05) is 6.07 Å². The number of carboxylic acid groups (broad SMARTS) is 1. The first-order valence-corrected chi connectivity index (χ1v) is 12.4. The number of nitrogens with zero attached hydrogens (tertiary/aromatic N) is 2. The number of aliphatic hydroxyl groups is 3. The first-order chi connectivity index (χ1) is 19.6. The van der Waals surface area contributed by atoms with Gasteiger partial charge in [0.15, 0.2) is 0 Å². The van der Waals surface area contributed by atoms with Gasteiger partial charge >= 0.3 is 11.9 Å². The third-order valence-electron chi connectivity index (χ3n) is 5.57. The normalized spacial score (nSPS) is 11.1. The molecule has 0 aromatic carbocycles. The molecule has 42 heavy (non-hydrogen) atoms. The second-order valence-electron chi connectivity index (χ2n) is 8.57. The maximum atomic E-state index is 12.3. The molecule has 17 heteroatoms. The van der Waals surface area contributed by atoms with Crippen molar-refractivity contribution < 1.29 is 64.4 Å². The minimum Gasteiger partial charge on any atom is -0.585 e. The topological polar surface area (TPSA) is 256 Å². The molecule has 1 radical (unpaired) electrons. The summed E-state index contributed by atoms with van der Waals surface area (Å²) in [5.41, 5.74) is 1.42.